The van der Waals surface area contributed by atoms with Gasteiger partial charge in [0.25, 0.3) is 0 Å². The van der Waals surface area contributed by atoms with Gasteiger partial charge in [-0.3, -0.25) is 0 Å². The maximum atomic E-state index is 6.43. The van der Waals surface area contributed by atoms with Crippen molar-refractivity contribution in [3.05, 3.63) is 40.6 Å². The van der Waals surface area contributed by atoms with Crippen LogP contribution in [-0.4, -0.2) is 37.8 Å². The Morgan fingerprint density at radius 3 is 2.71 bits per heavy atom. The van der Waals surface area contributed by atoms with Crippen LogP contribution in [-0.2, 0) is 16.3 Å². The van der Waals surface area contributed by atoms with Crippen molar-refractivity contribution < 1.29 is 4.52 Å². The van der Waals surface area contributed by atoms with Crippen LogP contribution in [0.1, 0.15) is 17.7 Å². The number of anilines is 1. The van der Waals surface area contributed by atoms with Gasteiger partial charge in [0, 0.05) is 32.9 Å². The van der Waals surface area contributed by atoms with Gasteiger partial charge in [0.05, 0.1) is 15.9 Å². The molecular formula is C17H20N3OPS2. The highest BCUT2D eigenvalue weighted by atomic mass is 32.4. The van der Waals surface area contributed by atoms with E-state index in [1.165, 1.54) is 12.8 Å². The smallest absolute Gasteiger partial charge is 0.236 e. The Bertz CT molecular complexity index is 826. The largest absolute Gasteiger partial charge is 0.430 e. The van der Waals surface area contributed by atoms with Crippen LogP contribution in [0, 0.1) is 0 Å². The van der Waals surface area contributed by atoms with Crippen LogP contribution in [0.15, 0.2) is 40.7 Å². The molecule has 2 aliphatic heterocycles. The fourth-order valence-corrected chi connectivity index (χ4v) is 7.33. The van der Waals surface area contributed by atoms with Crippen LogP contribution >= 0.6 is 17.8 Å². The van der Waals surface area contributed by atoms with E-state index in [0.29, 0.717) is 5.90 Å². The van der Waals surface area contributed by atoms with E-state index >= 15 is 0 Å². The molecule has 2 aliphatic rings. The summed E-state index contributed by atoms with van der Waals surface area (Å²) in [4.78, 5) is 7.95. The van der Waals surface area contributed by atoms with Gasteiger partial charge in [-0.2, -0.15) is 0 Å². The molecule has 1 fully saturated rings. The number of aliphatic imine (C=N–C) groups is 1. The van der Waals surface area contributed by atoms with Crippen LogP contribution in [0.25, 0.3) is 0 Å². The number of rotatable bonds is 3. The quantitative estimate of drug-likeness (QED) is 0.757. The average Bonchev–Trinajstić information content (AvgIpc) is 3.27. The molecule has 1 aromatic heterocycles. The first-order chi connectivity index (χ1) is 11.6. The van der Waals surface area contributed by atoms with Crippen molar-refractivity contribution in [3.8, 4) is 0 Å². The highest BCUT2D eigenvalue weighted by Crippen LogP contribution is 2.56. The summed E-state index contributed by atoms with van der Waals surface area (Å²) in [6.45, 7) is 2.04. The lowest BCUT2D eigenvalue weighted by molar-refractivity contribution is 0.483. The van der Waals surface area contributed by atoms with Crippen molar-refractivity contribution in [2.45, 2.75) is 12.8 Å². The highest BCUT2D eigenvalue weighted by Gasteiger charge is 2.38. The Hall–Kier alpha value is -1.20. The maximum Gasteiger partial charge on any atom is 0.236 e. The SMILES string of the molecule is CN(C)c1ccc2c(c1)N=C(c1cccs1)O[P@@]2(=S)N1CCCC1. The lowest BCUT2D eigenvalue weighted by atomic mass is 10.2. The minimum Gasteiger partial charge on any atom is -0.430 e. The van der Waals surface area contributed by atoms with Crippen LogP contribution < -0.4 is 10.2 Å². The molecule has 1 aromatic carbocycles. The monoisotopic (exact) mass is 377 g/mol. The second-order valence-electron chi connectivity index (χ2n) is 6.23. The summed E-state index contributed by atoms with van der Waals surface area (Å²) in [5, 5.41) is 3.14. The molecule has 0 spiro atoms. The zero-order valence-electron chi connectivity index (χ0n) is 13.8. The minimum absolute atomic E-state index is 0.684. The molecular weight excluding hydrogens is 357 g/mol. The standard InChI is InChI=1S/C17H20N3OPS2/c1-19(2)13-7-8-15-14(12-13)18-17(16-6-5-11-24-16)21-22(15,23)20-9-3-4-10-20/h5-8,11-12H,3-4,9-10H2,1-2H3/t22-/m0/s1. The molecule has 0 unspecified atom stereocenters. The van der Waals surface area contributed by atoms with Gasteiger partial charge < -0.3 is 9.42 Å². The molecule has 3 heterocycles. The summed E-state index contributed by atoms with van der Waals surface area (Å²) in [6, 6.07) is 10.4. The first kappa shape index (κ1) is 16.3. The maximum absolute atomic E-state index is 6.43. The van der Waals surface area contributed by atoms with Crippen LogP contribution in [0.4, 0.5) is 11.4 Å². The Balaban J connectivity index is 1.87. The zero-order valence-corrected chi connectivity index (χ0v) is 16.3. The predicted molar refractivity (Wildman–Crippen MR) is 107 cm³/mol. The van der Waals surface area contributed by atoms with Gasteiger partial charge in [0.2, 0.25) is 12.3 Å². The highest BCUT2D eigenvalue weighted by molar-refractivity contribution is 8.15. The first-order valence-electron chi connectivity index (χ1n) is 8.07. The van der Waals surface area contributed by atoms with Gasteiger partial charge in [-0.25, -0.2) is 9.66 Å². The van der Waals surface area contributed by atoms with Crippen molar-refractivity contribution in [2.75, 3.05) is 32.1 Å². The topological polar surface area (TPSA) is 28.1 Å². The molecule has 4 rings (SSSR count). The summed E-state index contributed by atoms with van der Waals surface area (Å²) in [7, 11) is 4.09. The van der Waals surface area contributed by atoms with Gasteiger partial charge in [-0.15, -0.1) is 11.3 Å². The second kappa shape index (κ2) is 6.26. The average molecular weight is 377 g/mol. The Kier molecular flexibility index (Phi) is 4.25. The van der Waals surface area contributed by atoms with Crippen LogP contribution in [0.3, 0.4) is 0 Å². The lowest BCUT2D eigenvalue weighted by Crippen LogP contribution is -2.29. The fourth-order valence-electron chi connectivity index (χ4n) is 3.09. The van der Waals surface area contributed by atoms with Gasteiger partial charge >= 0.3 is 0 Å². The van der Waals surface area contributed by atoms with E-state index in [9.17, 15) is 0 Å². The second-order valence-corrected chi connectivity index (χ2v) is 10.9. The van der Waals surface area contributed by atoms with E-state index in [2.05, 4.69) is 27.8 Å². The summed E-state index contributed by atoms with van der Waals surface area (Å²) in [5.74, 6) is 0.684. The van der Waals surface area contributed by atoms with E-state index < -0.39 is 6.42 Å². The van der Waals surface area contributed by atoms with Crippen molar-refractivity contribution in [3.63, 3.8) is 0 Å². The van der Waals surface area contributed by atoms with Crippen molar-refractivity contribution in [1.82, 2.24) is 4.67 Å². The summed E-state index contributed by atoms with van der Waals surface area (Å²) < 4.78 is 8.80. The third-order valence-electron chi connectivity index (χ3n) is 4.40. The lowest BCUT2D eigenvalue weighted by Gasteiger charge is -2.35. The van der Waals surface area contributed by atoms with Gasteiger partial charge in [0.1, 0.15) is 0 Å². The van der Waals surface area contributed by atoms with Crippen LogP contribution in [0.5, 0.6) is 0 Å². The molecule has 126 valence electrons. The predicted octanol–water partition coefficient (Wildman–Crippen LogP) is 3.95. The van der Waals surface area contributed by atoms with E-state index in [1.807, 2.05) is 31.6 Å². The van der Waals surface area contributed by atoms with E-state index in [1.54, 1.807) is 11.3 Å². The molecule has 0 N–H and O–H groups in total. The normalized spacial score (nSPS) is 23.5. The summed E-state index contributed by atoms with van der Waals surface area (Å²) in [5.41, 5.74) is 2.10. The van der Waals surface area contributed by atoms with E-state index in [0.717, 1.165) is 34.6 Å². The molecule has 0 bridgehead atoms. The Morgan fingerprint density at radius 2 is 2.04 bits per heavy atom. The Labute approximate surface area is 151 Å². The fraction of sp³-hybridized carbons (Fsp3) is 0.353. The van der Waals surface area contributed by atoms with Gasteiger partial charge in [0.15, 0.2) is 0 Å². The third-order valence-corrected chi connectivity index (χ3v) is 9.32. The first-order valence-corrected chi connectivity index (χ1v) is 11.6. The van der Waals surface area contributed by atoms with Crippen molar-refractivity contribution in [1.29, 1.82) is 0 Å². The summed E-state index contributed by atoms with van der Waals surface area (Å²) >= 11 is 7.80. The molecule has 0 aliphatic carbocycles. The van der Waals surface area contributed by atoms with Crippen molar-refractivity contribution in [2.24, 2.45) is 4.99 Å². The molecule has 4 nitrogen and oxygen atoms in total. The molecule has 0 radical (unpaired) electrons. The summed E-state index contributed by atoms with van der Waals surface area (Å²) in [6.07, 6.45) is 0.111. The van der Waals surface area contributed by atoms with Crippen molar-refractivity contribution >= 4 is 52.1 Å². The molecule has 2 aromatic rings. The van der Waals surface area contributed by atoms with E-state index in [-0.39, 0.29) is 0 Å². The third kappa shape index (κ3) is 2.72. The number of fused-ring (bicyclic) bond motifs is 1. The molecule has 0 saturated carbocycles. The molecule has 0 amide bonds. The van der Waals surface area contributed by atoms with E-state index in [4.69, 9.17) is 21.3 Å². The van der Waals surface area contributed by atoms with Gasteiger partial charge in [-0.1, -0.05) is 6.07 Å². The molecule has 24 heavy (non-hydrogen) atoms. The number of thiophene rings is 1. The number of benzene rings is 1. The molecule has 7 heteroatoms. The molecule has 1 saturated heterocycles. The Morgan fingerprint density at radius 1 is 1.25 bits per heavy atom. The van der Waals surface area contributed by atoms with Gasteiger partial charge in [-0.05, 0) is 54.3 Å². The molecule has 1 atom stereocenters. The number of hydrogen-bond donors (Lipinski definition) is 0. The number of hydrogen-bond acceptors (Lipinski definition) is 5. The minimum atomic E-state index is -2.27. The van der Waals surface area contributed by atoms with Crippen LogP contribution in [0.2, 0.25) is 0 Å². The zero-order chi connectivity index (χ0) is 16.7. The number of nitrogens with zero attached hydrogens (tertiary/aromatic N) is 3.